The predicted octanol–water partition coefficient (Wildman–Crippen LogP) is 5.46. The van der Waals surface area contributed by atoms with Crippen molar-refractivity contribution in [1.29, 1.82) is 0 Å². The summed E-state index contributed by atoms with van der Waals surface area (Å²) in [5, 5.41) is 17.4. The normalized spacial score (nSPS) is 22.3. The van der Waals surface area contributed by atoms with Crippen LogP contribution < -0.4 is 25.8 Å². The highest BCUT2D eigenvalue weighted by molar-refractivity contribution is 6.32. The van der Waals surface area contributed by atoms with Crippen molar-refractivity contribution in [2.24, 2.45) is 13.0 Å². The number of carbonyl (C=O) groups excluding carboxylic acids is 1. The van der Waals surface area contributed by atoms with E-state index in [1.165, 1.54) is 29.4 Å². The van der Waals surface area contributed by atoms with Crippen molar-refractivity contribution >= 4 is 57.2 Å². The van der Waals surface area contributed by atoms with Gasteiger partial charge in [0.25, 0.3) is 0 Å². The maximum absolute atomic E-state index is 12.1. The SMILES string of the molecule is CC1CCN(c2ncc(Cl)c(Nc3ccc4c(c3)CC(=O)N4C)n2)CCC1Nc1ccc2c(C3CCCNC3)nn(C)c2c1. The Hall–Kier alpha value is -3.89. The molecule has 11 heteroatoms. The molecule has 3 aliphatic rings. The summed E-state index contributed by atoms with van der Waals surface area (Å²) in [5.41, 5.74) is 6.32. The Balaban J connectivity index is 1.04. The second-order valence-electron chi connectivity index (χ2n) is 12.5. The van der Waals surface area contributed by atoms with Gasteiger partial charge in [-0.3, -0.25) is 9.48 Å². The molecular weight excluding hydrogens is 574 g/mol. The molecule has 3 unspecified atom stereocenters. The third-order valence-electron chi connectivity index (χ3n) is 9.60. The molecule has 4 aromatic rings. The number of carbonyl (C=O) groups is 1. The standard InChI is InChI=1S/C33H40ClN9O/c1-20-10-13-43(33-36-19-26(34)32(39-33)38-23-7-9-28-22(15-23)16-30(44)41(28)2)14-11-27(20)37-24-6-8-25-29(17-24)42(3)40-31(25)21-5-4-12-35-18-21/h6-9,15,17,19-21,27,35,37H,4-5,10-14,16,18H2,1-3H3,(H,36,38,39). The molecule has 2 saturated heterocycles. The number of halogens is 1. The van der Waals surface area contributed by atoms with Crippen molar-refractivity contribution in [3.63, 3.8) is 0 Å². The lowest BCUT2D eigenvalue weighted by atomic mass is 9.94. The quantitative estimate of drug-likeness (QED) is 0.263. The zero-order valence-corrected chi connectivity index (χ0v) is 26.4. The Kier molecular flexibility index (Phi) is 7.80. The molecule has 0 bridgehead atoms. The van der Waals surface area contributed by atoms with E-state index in [2.05, 4.69) is 58.0 Å². The molecule has 0 radical (unpaired) electrons. The number of nitrogens with one attached hydrogen (secondary N) is 3. The Bertz CT molecular complexity index is 1700. The van der Waals surface area contributed by atoms with Gasteiger partial charge >= 0.3 is 0 Å². The van der Waals surface area contributed by atoms with Gasteiger partial charge < -0.3 is 25.8 Å². The smallest absolute Gasteiger partial charge is 0.231 e. The third-order valence-corrected chi connectivity index (χ3v) is 9.88. The number of likely N-dealkylation sites (N-methyl/N-ethyl adjacent to an activating group) is 1. The predicted molar refractivity (Wildman–Crippen MR) is 177 cm³/mol. The summed E-state index contributed by atoms with van der Waals surface area (Å²) in [6.45, 7) is 6.14. The number of benzene rings is 2. The minimum atomic E-state index is 0.0989. The molecule has 44 heavy (non-hydrogen) atoms. The van der Waals surface area contributed by atoms with E-state index in [0.29, 0.717) is 41.1 Å². The van der Waals surface area contributed by atoms with Crippen molar-refractivity contribution in [3.05, 3.63) is 58.9 Å². The molecule has 3 atom stereocenters. The highest BCUT2D eigenvalue weighted by Gasteiger charge is 2.27. The number of amides is 1. The fourth-order valence-electron chi connectivity index (χ4n) is 6.92. The van der Waals surface area contributed by atoms with Crippen LogP contribution in [-0.4, -0.2) is 64.9 Å². The average Bonchev–Trinajstić information content (AvgIpc) is 3.43. The minimum absolute atomic E-state index is 0.0989. The van der Waals surface area contributed by atoms with E-state index in [1.807, 2.05) is 29.9 Å². The molecule has 5 heterocycles. The van der Waals surface area contributed by atoms with Crippen LogP contribution in [0.3, 0.4) is 0 Å². The van der Waals surface area contributed by atoms with Crippen LogP contribution in [0.5, 0.6) is 0 Å². The summed E-state index contributed by atoms with van der Waals surface area (Å²) in [6, 6.07) is 12.9. The van der Waals surface area contributed by atoms with Gasteiger partial charge in [0.1, 0.15) is 5.02 Å². The van der Waals surface area contributed by atoms with Crippen LogP contribution in [0.2, 0.25) is 5.02 Å². The first-order chi connectivity index (χ1) is 21.3. The van der Waals surface area contributed by atoms with Crippen LogP contribution in [0.4, 0.5) is 28.8 Å². The summed E-state index contributed by atoms with van der Waals surface area (Å²) < 4.78 is 2.03. The maximum Gasteiger partial charge on any atom is 0.231 e. The second kappa shape index (κ2) is 11.9. The van der Waals surface area contributed by atoms with E-state index in [-0.39, 0.29) is 5.91 Å². The number of nitrogens with zero attached hydrogens (tertiary/aromatic N) is 6. The number of rotatable bonds is 6. The molecule has 0 saturated carbocycles. The van der Waals surface area contributed by atoms with Gasteiger partial charge in [-0.05, 0) is 80.1 Å². The lowest BCUT2D eigenvalue weighted by Crippen LogP contribution is -2.29. The number of piperidine rings is 1. The van der Waals surface area contributed by atoms with Crippen molar-refractivity contribution in [2.45, 2.75) is 51.0 Å². The van der Waals surface area contributed by atoms with Gasteiger partial charge in [-0.25, -0.2) is 4.98 Å². The zero-order valence-electron chi connectivity index (χ0n) is 25.6. The van der Waals surface area contributed by atoms with Crippen LogP contribution in [0, 0.1) is 5.92 Å². The molecule has 3 aliphatic heterocycles. The fourth-order valence-corrected chi connectivity index (χ4v) is 7.06. The van der Waals surface area contributed by atoms with E-state index in [4.69, 9.17) is 21.7 Å². The van der Waals surface area contributed by atoms with Crippen LogP contribution in [0.15, 0.2) is 42.6 Å². The molecule has 3 N–H and O–H groups in total. The molecule has 2 fully saturated rings. The molecule has 2 aromatic heterocycles. The Morgan fingerprint density at radius 1 is 1.05 bits per heavy atom. The Labute approximate surface area is 263 Å². The lowest BCUT2D eigenvalue weighted by molar-refractivity contribution is -0.117. The van der Waals surface area contributed by atoms with Gasteiger partial charge in [0.15, 0.2) is 5.82 Å². The monoisotopic (exact) mass is 613 g/mol. The van der Waals surface area contributed by atoms with E-state index in [9.17, 15) is 4.79 Å². The molecule has 230 valence electrons. The number of anilines is 5. The summed E-state index contributed by atoms with van der Waals surface area (Å²) in [5.74, 6) is 2.28. The highest BCUT2D eigenvalue weighted by atomic mass is 35.5. The van der Waals surface area contributed by atoms with Gasteiger partial charge in [-0.15, -0.1) is 0 Å². The summed E-state index contributed by atoms with van der Waals surface area (Å²) >= 11 is 6.53. The average molecular weight is 614 g/mol. The van der Waals surface area contributed by atoms with Crippen molar-refractivity contribution in [1.82, 2.24) is 25.1 Å². The summed E-state index contributed by atoms with van der Waals surface area (Å²) in [6.07, 6.45) is 6.45. The van der Waals surface area contributed by atoms with Crippen molar-refractivity contribution in [3.8, 4) is 0 Å². The first kappa shape index (κ1) is 28.9. The van der Waals surface area contributed by atoms with Crippen molar-refractivity contribution < 1.29 is 4.79 Å². The largest absolute Gasteiger partial charge is 0.382 e. The Morgan fingerprint density at radius 2 is 1.89 bits per heavy atom. The number of aromatic nitrogens is 4. The number of aryl methyl sites for hydroxylation is 1. The van der Waals surface area contributed by atoms with Gasteiger partial charge in [0.2, 0.25) is 11.9 Å². The van der Waals surface area contributed by atoms with Gasteiger partial charge in [-0.2, -0.15) is 10.1 Å². The van der Waals surface area contributed by atoms with Crippen LogP contribution in [0.1, 0.15) is 49.8 Å². The number of hydrogen-bond acceptors (Lipinski definition) is 8. The minimum Gasteiger partial charge on any atom is -0.382 e. The van der Waals surface area contributed by atoms with Crippen LogP contribution >= 0.6 is 11.6 Å². The Morgan fingerprint density at radius 3 is 2.73 bits per heavy atom. The molecular formula is C33H40ClN9O. The fraction of sp³-hybridized carbons (Fsp3) is 0.455. The number of fused-ring (bicyclic) bond motifs is 2. The van der Waals surface area contributed by atoms with Crippen LogP contribution in [0.25, 0.3) is 10.9 Å². The lowest BCUT2D eigenvalue weighted by Gasteiger charge is -2.24. The third kappa shape index (κ3) is 5.57. The first-order valence-electron chi connectivity index (χ1n) is 15.7. The van der Waals surface area contributed by atoms with E-state index >= 15 is 0 Å². The van der Waals surface area contributed by atoms with E-state index in [1.54, 1.807) is 11.1 Å². The summed E-state index contributed by atoms with van der Waals surface area (Å²) in [4.78, 5) is 25.5. The van der Waals surface area contributed by atoms with E-state index in [0.717, 1.165) is 61.6 Å². The van der Waals surface area contributed by atoms with Crippen LogP contribution in [-0.2, 0) is 18.3 Å². The maximum atomic E-state index is 12.1. The molecule has 1 amide bonds. The molecule has 0 spiro atoms. The highest BCUT2D eigenvalue weighted by Crippen LogP contribution is 2.34. The summed E-state index contributed by atoms with van der Waals surface area (Å²) in [7, 11) is 3.86. The molecule has 2 aromatic carbocycles. The number of hydrogen-bond donors (Lipinski definition) is 3. The second-order valence-corrected chi connectivity index (χ2v) is 12.9. The molecule has 10 nitrogen and oxygen atoms in total. The van der Waals surface area contributed by atoms with Gasteiger partial charge in [0.05, 0.1) is 23.8 Å². The van der Waals surface area contributed by atoms with Crippen molar-refractivity contribution in [2.75, 3.05) is 53.7 Å². The van der Waals surface area contributed by atoms with E-state index < -0.39 is 0 Å². The van der Waals surface area contributed by atoms with Gasteiger partial charge in [-0.1, -0.05) is 18.5 Å². The van der Waals surface area contributed by atoms with Gasteiger partial charge in [0, 0.05) is 68.1 Å². The topological polar surface area (TPSA) is 103 Å². The zero-order chi connectivity index (χ0) is 30.4. The molecule has 7 rings (SSSR count). The molecule has 0 aliphatic carbocycles. The first-order valence-corrected chi connectivity index (χ1v) is 16.1.